The molecule has 0 spiro atoms. The Labute approximate surface area is 172 Å². The van der Waals surface area contributed by atoms with E-state index in [1.807, 2.05) is 6.20 Å². The molecule has 1 fully saturated rings. The van der Waals surface area contributed by atoms with Gasteiger partial charge in [0.25, 0.3) is 0 Å². The molecule has 0 bridgehead atoms. The van der Waals surface area contributed by atoms with Gasteiger partial charge >= 0.3 is 0 Å². The second-order valence-electron chi connectivity index (χ2n) is 8.44. The summed E-state index contributed by atoms with van der Waals surface area (Å²) in [6.45, 7) is 2.97. The van der Waals surface area contributed by atoms with Crippen LogP contribution in [-0.4, -0.2) is 52.5 Å². The molecule has 0 radical (unpaired) electrons. The Morgan fingerprint density at radius 3 is 3.00 bits per heavy atom. The minimum Gasteiger partial charge on any atom is -0.356 e. The van der Waals surface area contributed by atoms with Gasteiger partial charge in [0.05, 0.1) is 17.4 Å². The van der Waals surface area contributed by atoms with Crippen LogP contribution in [0.15, 0.2) is 42.7 Å². The number of hydrogen-bond donors (Lipinski definition) is 1. The fraction of sp³-hybridized carbons (Fsp3) is 0.478. The van der Waals surface area contributed by atoms with Crippen molar-refractivity contribution in [2.45, 2.75) is 44.3 Å². The van der Waals surface area contributed by atoms with Crippen LogP contribution in [0.4, 0.5) is 5.82 Å². The van der Waals surface area contributed by atoms with E-state index < -0.39 is 0 Å². The number of likely N-dealkylation sites (N-methyl/N-ethyl adjacent to an activating group) is 1. The Morgan fingerprint density at radius 2 is 2.14 bits per heavy atom. The van der Waals surface area contributed by atoms with Crippen molar-refractivity contribution in [3.05, 3.63) is 59.7 Å². The van der Waals surface area contributed by atoms with Gasteiger partial charge in [0.1, 0.15) is 11.5 Å². The van der Waals surface area contributed by atoms with E-state index in [1.165, 1.54) is 29.9 Å². The average molecular weight is 391 g/mol. The Bertz CT molecular complexity index is 996. The van der Waals surface area contributed by atoms with E-state index in [0.29, 0.717) is 12.1 Å². The van der Waals surface area contributed by atoms with Crippen LogP contribution in [0.1, 0.15) is 42.3 Å². The van der Waals surface area contributed by atoms with Crippen molar-refractivity contribution in [1.29, 1.82) is 0 Å². The zero-order valence-corrected chi connectivity index (χ0v) is 17.4. The molecule has 6 nitrogen and oxygen atoms in total. The van der Waals surface area contributed by atoms with Crippen LogP contribution in [0.2, 0.25) is 0 Å². The predicted octanol–water partition coefficient (Wildman–Crippen LogP) is 3.04. The van der Waals surface area contributed by atoms with Gasteiger partial charge in [0.15, 0.2) is 0 Å². The molecule has 29 heavy (non-hydrogen) atoms. The molecule has 152 valence electrons. The van der Waals surface area contributed by atoms with E-state index in [2.05, 4.69) is 70.1 Å². The van der Waals surface area contributed by atoms with Gasteiger partial charge in [-0.15, -0.1) is 0 Å². The predicted molar refractivity (Wildman–Crippen MR) is 116 cm³/mol. The molecule has 6 heteroatoms. The van der Waals surface area contributed by atoms with Gasteiger partial charge in [0.2, 0.25) is 0 Å². The Balaban J connectivity index is 1.39. The fourth-order valence-electron chi connectivity index (χ4n) is 4.96. The van der Waals surface area contributed by atoms with Crippen LogP contribution < -0.4 is 10.2 Å². The van der Waals surface area contributed by atoms with Crippen molar-refractivity contribution in [3.8, 4) is 0 Å². The first-order valence-electron chi connectivity index (χ1n) is 10.8. The van der Waals surface area contributed by atoms with Gasteiger partial charge in [-0.3, -0.25) is 14.3 Å². The van der Waals surface area contributed by atoms with Crippen LogP contribution in [-0.2, 0) is 13.0 Å². The lowest BCUT2D eigenvalue weighted by Gasteiger charge is -2.31. The van der Waals surface area contributed by atoms with Crippen molar-refractivity contribution in [3.63, 3.8) is 0 Å². The maximum Gasteiger partial charge on any atom is 0.138 e. The molecule has 0 aromatic carbocycles. The largest absolute Gasteiger partial charge is 0.356 e. The molecule has 1 aliphatic carbocycles. The molecule has 3 aromatic heterocycles. The van der Waals surface area contributed by atoms with E-state index in [1.54, 1.807) is 0 Å². The van der Waals surface area contributed by atoms with Crippen LogP contribution in [0.3, 0.4) is 0 Å². The van der Waals surface area contributed by atoms with Gasteiger partial charge in [-0.05, 0) is 63.5 Å². The van der Waals surface area contributed by atoms with Crippen LogP contribution in [0.5, 0.6) is 0 Å². The Hall–Kier alpha value is -2.44. The number of nitrogens with zero attached hydrogens (tertiary/aromatic N) is 5. The van der Waals surface area contributed by atoms with E-state index in [4.69, 9.17) is 9.97 Å². The zero-order valence-electron chi connectivity index (χ0n) is 17.4. The summed E-state index contributed by atoms with van der Waals surface area (Å²) in [5.74, 6) is 1.24. The Kier molecular flexibility index (Phi) is 4.97. The second kappa shape index (κ2) is 7.76. The van der Waals surface area contributed by atoms with Gasteiger partial charge in [0, 0.05) is 38.1 Å². The summed E-state index contributed by atoms with van der Waals surface area (Å²) < 4.78 is 2.26. The Morgan fingerprint density at radius 1 is 1.21 bits per heavy atom. The molecule has 3 aromatic rings. The molecular formula is C23H30N6. The van der Waals surface area contributed by atoms with Crippen LogP contribution in [0.25, 0.3) is 5.65 Å². The molecule has 1 N–H and O–H groups in total. The lowest BCUT2D eigenvalue weighted by molar-refractivity contribution is 0.206. The number of anilines is 1. The first kappa shape index (κ1) is 18.6. The van der Waals surface area contributed by atoms with Crippen molar-refractivity contribution in [2.75, 3.05) is 32.1 Å². The normalized spacial score (nSPS) is 21.8. The minimum atomic E-state index is 0.374. The zero-order chi connectivity index (χ0) is 19.8. The maximum atomic E-state index is 4.93. The highest BCUT2D eigenvalue weighted by Gasteiger charge is 2.26. The first-order valence-corrected chi connectivity index (χ1v) is 10.8. The molecule has 0 saturated carbocycles. The third-order valence-corrected chi connectivity index (χ3v) is 6.55. The van der Waals surface area contributed by atoms with Gasteiger partial charge in [-0.1, -0.05) is 12.1 Å². The monoisotopic (exact) mass is 390 g/mol. The molecule has 1 saturated heterocycles. The molecule has 5 rings (SSSR count). The highest BCUT2D eigenvalue weighted by molar-refractivity contribution is 5.53. The summed E-state index contributed by atoms with van der Waals surface area (Å²) in [4.78, 5) is 14.5. The second-order valence-corrected chi connectivity index (χ2v) is 8.44. The van der Waals surface area contributed by atoms with E-state index >= 15 is 0 Å². The third kappa shape index (κ3) is 3.51. The number of aryl methyl sites for hydroxylation is 1. The summed E-state index contributed by atoms with van der Waals surface area (Å²) in [5.41, 5.74) is 4.80. The SMILES string of the molecule is CN[C@H]1CCN(c2cccc3nc(CN(C)[C@H]4CCCc5cccnc54)cn23)C1. The maximum absolute atomic E-state index is 4.93. The number of aromatic nitrogens is 3. The van der Waals surface area contributed by atoms with Gasteiger partial charge < -0.3 is 10.2 Å². The summed E-state index contributed by atoms with van der Waals surface area (Å²) in [5, 5.41) is 3.41. The molecule has 2 atom stereocenters. The van der Waals surface area contributed by atoms with Crippen LogP contribution in [0, 0.1) is 0 Å². The molecular weight excluding hydrogens is 360 g/mol. The topological polar surface area (TPSA) is 48.7 Å². The lowest BCUT2D eigenvalue weighted by atomic mass is 9.91. The van der Waals surface area contributed by atoms with E-state index in [9.17, 15) is 0 Å². The number of nitrogens with one attached hydrogen (secondary N) is 1. The minimum absolute atomic E-state index is 0.374. The summed E-state index contributed by atoms with van der Waals surface area (Å²) in [7, 11) is 4.26. The molecule has 0 amide bonds. The number of rotatable bonds is 5. The quantitative estimate of drug-likeness (QED) is 0.726. The summed E-state index contributed by atoms with van der Waals surface area (Å²) >= 11 is 0. The smallest absolute Gasteiger partial charge is 0.138 e. The van der Waals surface area contributed by atoms with Crippen LogP contribution >= 0.6 is 0 Å². The number of pyridine rings is 2. The standard InChI is InChI=1S/C23H30N6/c1-24-18-11-13-28(15-18)22-10-4-9-21-26-19(16-29(21)22)14-27(2)20-8-3-6-17-7-5-12-25-23(17)20/h4-5,7,9-10,12,16,18,20,24H,3,6,8,11,13-15H2,1-2H3/t18-,20-/m0/s1. The third-order valence-electron chi connectivity index (χ3n) is 6.55. The average Bonchev–Trinajstić information content (AvgIpc) is 3.39. The van der Waals surface area contributed by atoms with E-state index in [-0.39, 0.29) is 0 Å². The van der Waals surface area contributed by atoms with Gasteiger partial charge in [-0.2, -0.15) is 0 Å². The number of hydrogen-bond acceptors (Lipinski definition) is 5. The van der Waals surface area contributed by atoms with Crippen molar-refractivity contribution in [2.24, 2.45) is 0 Å². The number of fused-ring (bicyclic) bond motifs is 2. The van der Waals surface area contributed by atoms with Crippen molar-refractivity contribution in [1.82, 2.24) is 24.6 Å². The highest BCUT2D eigenvalue weighted by atomic mass is 15.3. The van der Waals surface area contributed by atoms with Gasteiger partial charge in [-0.25, -0.2) is 4.98 Å². The van der Waals surface area contributed by atoms with Crippen molar-refractivity contribution < 1.29 is 0 Å². The lowest BCUT2D eigenvalue weighted by Crippen LogP contribution is -2.30. The molecule has 1 aliphatic heterocycles. The summed E-state index contributed by atoms with van der Waals surface area (Å²) in [6, 6.07) is 11.7. The molecule has 4 heterocycles. The first-order chi connectivity index (χ1) is 14.2. The van der Waals surface area contributed by atoms with E-state index in [0.717, 1.165) is 43.8 Å². The molecule has 0 unspecified atom stereocenters. The fourth-order valence-corrected chi connectivity index (χ4v) is 4.96. The van der Waals surface area contributed by atoms with Crippen molar-refractivity contribution >= 4 is 11.5 Å². The summed E-state index contributed by atoms with van der Waals surface area (Å²) in [6.07, 6.45) is 8.87. The number of imidazole rings is 1. The highest BCUT2D eigenvalue weighted by Crippen LogP contribution is 2.32. The molecule has 2 aliphatic rings.